The molecule has 0 spiro atoms. The number of aromatic amines is 1. The average Bonchev–Trinajstić information content (AvgIpc) is 3.27. The van der Waals surface area contributed by atoms with Crippen LogP contribution < -0.4 is 4.90 Å². The van der Waals surface area contributed by atoms with Gasteiger partial charge in [0.05, 0.1) is 24.1 Å². The minimum atomic E-state index is -0.502. The molecule has 3 heterocycles. The Labute approximate surface area is 125 Å². The van der Waals surface area contributed by atoms with Crippen molar-refractivity contribution in [1.29, 1.82) is 0 Å². The number of amides is 1. The summed E-state index contributed by atoms with van der Waals surface area (Å²) in [5, 5.41) is 7.54. The molecule has 110 valence electrons. The third kappa shape index (κ3) is 2.11. The first kappa shape index (κ1) is 12.9. The zero-order chi connectivity index (χ0) is 15.1. The third-order valence-corrected chi connectivity index (χ3v) is 3.68. The summed E-state index contributed by atoms with van der Waals surface area (Å²) in [6, 6.07) is 2.95. The molecule has 7 heteroatoms. The van der Waals surface area contributed by atoms with E-state index in [0.29, 0.717) is 5.82 Å². The first-order valence-corrected chi connectivity index (χ1v) is 6.96. The summed E-state index contributed by atoms with van der Waals surface area (Å²) in [6.45, 7) is 0. The monoisotopic (exact) mass is 297 g/mol. The van der Waals surface area contributed by atoms with Gasteiger partial charge in [-0.3, -0.25) is 19.8 Å². The molecule has 22 heavy (non-hydrogen) atoms. The Morgan fingerprint density at radius 2 is 2.18 bits per heavy atom. The van der Waals surface area contributed by atoms with Crippen molar-refractivity contribution in [2.24, 2.45) is 5.92 Å². The Hall–Kier alpha value is -2.83. The normalized spacial score (nSPS) is 14.2. The van der Waals surface area contributed by atoms with Crippen molar-refractivity contribution in [1.82, 2.24) is 20.2 Å². The molecule has 6 nitrogen and oxygen atoms in total. The van der Waals surface area contributed by atoms with Gasteiger partial charge in [-0.25, -0.2) is 9.37 Å². The van der Waals surface area contributed by atoms with Crippen molar-refractivity contribution in [3.05, 3.63) is 42.7 Å². The maximum atomic E-state index is 14.1. The van der Waals surface area contributed by atoms with Crippen LogP contribution in [0.4, 0.5) is 15.9 Å². The number of halogens is 1. The lowest BCUT2D eigenvalue weighted by Gasteiger charge is -2.22. The molecule has 1 fully saturated rings. The van der Waals surface area contributed by atoms with E-state index in [1.165, 1.54) is 23.4 Å². The molecule has 1 N–H and O–H groups in total. The van der Waals surface area contributed by atoms with E-state index in [-0.39, 0.29) is 17.5 Å². The molecule has 0 radical (unpaired) electrons. The predicted molar refractivity (Wildman–Crippen MR) is 78.0 cm³/mol. The van der Waals surface area contributed by atoms with Gasteiger partial charge >= 0.3 is 0 Å². The van der Waals surface area contributed by atoms with Crippen LogP contribution in [0.25, 0.3) is 10.9 Å². The number of rotatable bonds is 3. The highest BCUT2D eigenvalue weighted by Gasteiger charge is 2.36. The van der Waals surface area contributed by atoms with Gasteiger partial charge in [0.1, 0.15) is 17.3 Å². The minimum absolute atomic E-state index is 0.0681. The highest BCUT2D eigenvalue weighted by molar-refractivity contribution is 6.03. The third-order valence-electron chi connectivity index (χ3n) is 3.68. The van der Waals surface area contributed by atoms with Gasteiger partial charge in [0, 0.05) is 17.5 Å². The highest BCUT2D eigenvalue weighted by atomic mass is 19.1. The number of pyridine rings is 2. The van der Waals surface area contributed by atoms with Gasteiger partial charge in [0.25, 0.3) is 0 Å². The molecule has 1 amide bonds. The fraction of sp³-hybridized carbons (Fsp3) is 0.200. The number of hydrogen-bond donors (Lipinski definition) is 1. The van der Waals surface area contributed by atoms with E-state index in [1.54, 1.807) is 18.5 Å². The van der Waals surface area contributed by atoms with Crippen molar-refractivity contribution in [3.8, 4) is 0 Å². The second-order valence-electron chi connectivity index (χ2n) is 5.27. The van der Waals surface area contributed by atoms with E-state index in [4.69, 9.17) is 0 Å². The average molecular weight is 297 g/mol. The van der Waals surface area contributed by atoms with E-state index in [2.05, 4.69) is 20.2 Å². The number of nitrogens with zero attached hydrogens (tertiary/aromatic N) is 4. The fourth-order valence-electron chi connectivity index (χ4n) is 2.35. The molecular formula is C15H12FN5O. The number of nitrogens with one attached hydrogen (secondary N) is 1. The Morgan fingerprint density at radius 3 is 2.95 bits per heavy atom. The van der Waals surface area contributed by atoms with Crippen molar-refractivity contribution in [2.75, 3.05) is 4.90 Å². The summed E-state index contributed by atoms with van der Waals surface area (Å²) in [6.07, 6.45) is 7.57. The van der Waals surface area contributed by atoms with Crippen LogP contribution >= 0.6 is 0 Å². The second kappa shape index (κ2) is 4.87. The summed E-state index contributed by atoms with van der Waals surface area (Å²) in [5.41, 5.74) is 0.879. The number of H-pyrrole nitrogens is 1. The lowest BCUT2D eigenvalue weighted by Crippen LogP contribution is -2.29. The van der Waals surface area contributed by atoms with Crippen LogP contribution in [0.5, 0.6) is 0 Å². The fourth-order valence-corrected chi connectivity index (χ4v) is 2.35. The molecule has 0 bridgehead atoms. The van der Waals surface area contributed by atoms with Crippen LogP contribution in [0.2, 0.25) is 0 Å². The number of carbonyl (C=O) groups is 1. The SMILES string of the molecule is O=C(C1CC1)N(c1cc2cn[nH]c2cn1)c1cnccc1F. The molecule has 1 aliphatic carbocycles. The van der Waals surface area contributed by atoms with Gasteiger partial charge in [-0.15, -0.1) is 0 Å². The molecule has 0 atom stereocenters. The number of aromatic nitrogens is 4. The van der Waals surface area contributed by atoms with E-state index >= 15 is 0 Å². The zero-order valence-corrected chi connectivity index (χ0v) is 11.5. The molecular weight excluding hydrogens is 285 g/mol. The Morgan fingerprint density at radius 1 is 1.32 bits per heavy atom. The Bertz CT molecular complexity index is 858. The van der Waals surface area contributed by atoms with Gasteiger partial charge in [-0.1, -0.05) is 0 Å². The first-order chi connectivity index (χ1) is 10.7. The number of hydrogen-bond acceptors (Lipinski definition) is 4. The summed E-state index contributed by atoms with van der Waals surface area (Å²) in [4.78, 5) is 22.1. The van der Waals surface area contributed by atoms with Gasteiger partial charge in [0.2, 0.25) is 5.91 Å². The van der Waals surface area contributed by atoms with Crippen LogP contribution in [0, 0.1) is 11.7 Å². The topological polar surface area (TPSA) is 74.8 Å². The number of carbonyl (C=O) groups excluding carboxylic acids is 1. The quantitative estimate of drug-likeness (QED) is 0.806. The van der Waals surface area contributed by atoms with Gasteiger partial charge in [-0.2, -0.15) is 5.10 Å². The van der Waals surface area contributed by atoms with Gasteiger partial charge in [0.15, 0.2) is 0 Å². The Kier molecular flexibility index (Phi) is 2.85. The maximum absolute atomic E-state index is 14.1. The summed E-state index contributed by atoms with van der Waals surface area (Å²) in [7, 11) is 0. The van der Waals surface area contributed by atoms with Gasteiger partial charge in [-0.05, 0) is 25.0 Å². The van der Waals surface area contributed by atoms with E-state index < -0.39 is 5.82 Å². The standard InChI is InChI=1S/C15H12FN5O/c16-11-3-4-17-8-13(11)21(15(22)9-1-2-9)14-5-10-6-19-20-12(10)7-18-14/h3-9H,1-2H2,(H,19,20). The predicted octanol–water partition coefficient (Wildman–Crippen LogP) is 2.57. The van der Waals surface area contributed by atoms with Gasteiger partial charge < -0.3 is 0 Å². The summed E-state index contributed by atoms with van der Waals surface area (Å²) < 4.78 is 14.1. The van der Waals surface area contributed by atoms with Crippen molar-refractivity contribution >= 4 is 28.3 Å². The molecule has 0 aromatic carbocycles. The smallest absolute Gasteiger partial charge is 0.235 e. The lowest BCUT2D eigenvalue weighted by molar-refractivity contribution is -0.119. The minimum Gasteiger partial charge on any atom is -0.276 e. The summed E-state index contributed by atoms with van der Waals surface area (Å²) in [5.74, 6) is -0.348. The summed E-state index contributed by atoms with van der Waals surface area (Å²) >= 11 is 0. The number of anilines is 2. The van der Waals surface area contributed by atoms with Crippen LogP contribution in [0.3, 0.4) is 0 Å². The molecule has 1 saturated carbocycles. The molecule has 4 rings (SSSR count). The zero-order valence-electron chi connectivity index (χ0n) is 11.5. The largest absolute Gasteiger partial charge is 0.276 e. The van der Waals surface area contributed by atoms with Crippen LogP contribution in [0.1, 0.15) is 12.8 Å². The molecule has 0 unspecified atom stereocenters. The van der Waals surface area contributed by atoms with E-state index in [9.17, 15) is 9.18 Å². The lowest BCUT2D eigenvalue weighted by atomic mass is 10.2. The molecule has 1 aliphatic rings. The molecule has 0 saturated heterocycles. The number of fused-ring (bicyclic) bond motifs is 1. The molecule has 0 aliphatic heterocycles. The first-order valence-electron chi connectivity index (χ1n) is 6.96. The Balaban J connectivity index is 1.85. The van der Waals surface area contributed by atoms with Crippen molar-refractivity contribution in [3.63, 3.8) is 0 Å². The molecule has 3 aromatic heterocycles. The van der Waals surface area contributed by atoms with Crippen LogP contribution in [-0.2, 0) is 4.79 Å². The van der Waals surface area contributed by atoms with Crippen molar-refractivity contribution in [2.45, 2.75) is 12.8 Å². The second-order valence-corrected chi connectivity index (χ2v) is 5.27. The van der Waals surface area contributed by atoms with Crippen molar-refractivity contribution < 1.29 is 9.18 Å². The van der Waals surface area contributed by atoms with Crippen LogP contribution in [-0.4, -0.2) is 26.1 Å². The highest BCUT2D eigenvalue weighted by Crippen LogP contribution is 2.36. The maximum Gasteiger partial charge on any atom is 0.235 e. The van der Waals surface area contributed by atoms with E-state index in [0.717, 1.165) is 23.7 Å². The van der Waals surface area contributed by atoms with E-state index in [1.807, 2.05) is 0 Å². The molecule has 3 aromatic rings. The van der Waals surface area contributed by atoms with Crippen LogP contribution in [0.15, 0.2) is 36.9 Å².